The smallest absolute Gasteiger partial charge is 0.272 e. The van der Waals surface area contributed by atoms with Gasteiger partial charge in [-0.1, -0.05) is 29.8 Å². The molecule has 0 N–H and O–H groups in total. The van der Waals surface area contributed by atoms with Crippen molar-refractivity contribution in [3.05, 3.63) is 97.0 Å². The van der Waals surface area contributed by atoms with Crippen LogP contribution in [-0.2, 0) is 19.3 Å². The van der Waals surface area contributed by atoms with Gasteiger partial charge in [-0.15, -0.1) is 0 Å². The predicted octanol–water partition coefficient (Wildman–Crippen LogP) is 6.63. The summed E-state index contributed by atoms with van der Waals surface area (Å²) in [5, 5.41) is 11.9. The molecule has 5 rings (SSSR count). The zero-order chi connectivity index (χ0) is 21.7. The summed E-state index contributed by atoms with van der Waals surface area (Å²) in [6, 6.07) is 15.0. The van der Waals surface area contributed by atoms with Crippen molar-refractivity contribution in [2.24, 2.45) is 0 Å². The third-order valence-electron chi connectivity index (χ3n) is 6.70. The summed E-state index contributed by atoms with van der Waals surface area (Å²) in [5.74, 6) is -0.293. The van der Waals surface area contributed by atoms with Crippen molar-refractivity contribution in [1.29, 1.82) is 0 Å². The fourth-order valence-electron chi connectivity index (χ4n) is 5.24. The summed E-state index contributed by atoms with van der Waals surface area (Å²) in [7, 11) is 0. The topological polar surface area (TPSA) is 60.2 Å². The largest absolute Gasteiger partial charge is 0.293 e. The van der Waals surface area contributed by atoms with Crippen molar-refractivity contribution in [3.63, 3.8) is 0 Å². The Morgan fingerprint density at radius 1 is 1.00 bits per heavy atom. The van der Waals surface area contributed by atoms with Crippen molar-refractivity contribution in [3.8, 4) is 11.1 Å². The zero-order valence-corrected chi connectivity index (χ0v) is 18.0. The van der Waals surface area contributed by atoms with Crippen LogP contribution < -0.4 is 0 Å². The number of halogens is 1. The Bertz CT molecular complexity index is 1250. The highest BCUT2D eigenvalue weighted by Crippen LogP contribution is 2.45. The molecule has 2 aliphatic rings. The average molecular weight is 432 g/mol. The molecule has 0 saturated carbocycles. The van der Waals surface area contributed by atoms with E-state index in [0.29, 0.717) is 22.6 Å². The van der Waals surface area contributed by atoms with E-state index in [0.717, 1.165) is 41.5 Å². The monoisotopic (exact) mass is 431 g/mol. The fraction of sp³-hybridized carbons (Fsp3) is 0.269. The normalized spacial score (nSPS) is 16.8. The molecular formula is C26H22ClNO3. The summed E-state index contributed by atoms with van der Waals surface area (Å²) < 4.78 is 0. The second kappa shape index (κ2) is 7.61. The highest BCUT2D eigenvalue weighted by molar-refractivity contribution is 6.30. The van der Waals surface area contributed by atoms with Crippen molar-refractivity contribution in [2.75, 3.05) is 0 Å². The van der Waals surface area contributed by atoms with Crippen LogP contribution in [0.15, 0.2) is 48.5 Å². The lowest BCUT2D eigenvalue weighted by Gasteiger charge is -2.32. The van der Waals surface area contributed by atoms with Gasteiger partial charge in [0.2, 0.25) is 0 Å². The Balaban J connectivity index is 1.67. The Labute approximate surface area is 186 Å². The molecule has 0 saturated heterocycles. The first-order valence-corrected chi connectivity index (χ1v) is 11.0. The molecule has 3 aromatic rings. The molecule has 5 heteroatoms. The number of fused-ring (bicyclic) bond motifs is 5. The van der Waals surface area contributed by atoms with Crippen molar-refractivity contribution in [1.82, 2.24) is 0 Å². The number of rotatable bonds is 3. The number of benzene rings is 3. The maximum atomic E-state index is 13.8. The molecule has 2 aliphatic carbocycles. The molecule has 156 valence electrons. The standard InChI is InChI=1S/C26H22ClNO3/c1-15-12-17(7-11-24(15)28(30)31)26(29)23-14-18-13-19(27)8-10-20(18)22-9-6-16-4-2-3-5-21(16)25(22)23/h6-13,23H,2-5,14H2,1H3. The van der Waals surface area contributed by atoms with E-state index in [-0.39, 0.29) is 17.4 Å². The Morgan fingerprint density at radius 2 is 1.77 bits per heavy atom. The molecular weight excluding hydrogens is 410 g/mol. The second-order valence-corrected chi connectivity index (χ2v) is 8.99. The number of hydrogen-bond acceptors (Lipinski definition) is 3. The number of carbonyl (C=O) groups is 1. The van der Waals surface area contributed by atoms with Gasteiger partial charge in [0.05, 0.1) is 10.8 Å². The molecule has 3 aromatic carbocycles. The fourth-order valence-corrected chi connectivity index (χ4v) is 5.44. The van der Waals surface area contributed by atoms with Gasteiger partial charge < -0.3 is 0 Å². The molecule has 0 spiro atoms. The third-order valence-corrected chi connectivity index (χ3v) is 6.94. The van der Waals surface area contributed by atoms with Crippen LogP contribution in [0.3, 0.4) is 0 Å². The number of carbonyl (C=O) groups excluding carboxylic acids is 1. The molecule has 1 atom stereocenters. The van der Waals surface area contributed by atoms with Crippen LogP contribution in [0.5, 0.6) is 0 Å². The van der Waals surface area contributed by atoms with E-state index in [1.54, 1.807) is 19.1 Å². The zero-order valence-electron chi connectivity index (χ0n) is 17.3. The molecule has 0 bridgehead atoms. The Kier molecular flexibility index (Phi) is 4.90. The Hall–Kier alpha value is -2.98. The number of nitro benzene ring substituents is 1. The third kappa shape index (κ3) is 3.35. The maximum absolute atomic E-state index is 13.8. The molecule has 0 aliphatic heterocycles. The quantitative estimate of drug-likeness (QED) is 0.266. The number of aryl methyl sites for hydroxylation is 2. The van der Waals surface area contributed by atoms with Gasteiger partial charge in [-0.05, 0) is 96.7 Å². The predicted molar refractivity (Wildman–Crippen MR) is 122 cm³/mol. The van der Waals surface area contributed by atoms with Crippen molar-refractivity contribution < 1.29 is 9.72 Å². The number of Topliss-reactive ketones (excluding diaryl/α,β-unsaturated/α-hetero) is 1. The number of nitro groups is 1. The van der Waals surface area contributed by atoms with Gasteiger partial charge in [0.15, 0.2) is 5.78 Å². The molecule has 4 nitrogen and oxygen atoms in total. The van der Waals surface area contributed by atoms with Gasteiger partial charge >= 0.3 is 0 Å². The van der Waals surface area contributed by atoms with Crippen LogP contribution in [0.1, 0.15) is 56.9 Å². The van der Waals surface area contributed by atoms with E-state index in [1.807, 2.05) is 12.1 Å². The maximum Gasteiger partial charge on any atom is 0.272 e. The van der Waals surface area contributed by atoms with Gasteiger partial charge in [0.25, 0.3) is 5.69 Å². The van der Waals surface area contributed by atoms with E-state index >= 15 is 0 Å². The number of nitrogens with zero attached hydrogens (tertiary/aromatic N) is 1. The van der Waals surface area contributed by atoms with Crippen molar-refractivity contribution in [2.45, 2.75) is 44.9 Å². The van der Waals surface area contributed by atoms with Gasteiger partial charge in [0.1, 0.15) is 0 Å². The average Bonchev–Trinajstić information content (AvgIpc) is 2.77. The van der Waals surface area contributed by atoms with E-state index in [9.17, 15) is 14.9 Å². The van der Waals surface area contributed by atoms with E-state index in [2.05, 4.69) is 18.2 Å². The molecule has 0 aromatic heterocycles. The van der Waals surface area contributed by atoms with Gasteiger partial charge in [-0.3, -0.25) is 14.9 Å². The summed E-state index contributed by atoms with van der Waals surface area (Å²) in [5.41, 5.74) is 8.23. The van der Waals surface area contributed by atoms with Crippen LogP contribution in [0.4, 0.5) is 5.69 Å². The van der Waals surface area contributed by atoms with E-state index in [1.165, 1.54) is 23.6 Å². The Morgan fingerprint density at radius 3 is 2.55 bits per heavy atom. The highest BCUT2D eigenvalue weighted by Gasteiger charge is 2.34. The number of hydrogen-bond donors (Lipinski definition) is 0. The SMILES string of the molecule is Cc1cc(C(=O)C2Cc3cc(Cl)ccc3-c3ccc4c(c32)CCCC4)ccc1[N+](=O)[O-]. The first-order chi connectivity index (χ1) is 14.9. The van der Waals surface area contributed by atoms with Gasteiger partial charge in [-0.2, -0.15) is 0 Å². The molecule has 0 fully saturated rings. The molecule has 0 heterocycles. The number of ketones is 1. The molecule has 1 unspecified atom stereocenters. The van der Waals surface area contributed by atoms with E-state index < -0.39 is 4.92 Å². The second-order valence-electron chi connectivity index (χ2n) is 8.55. The summed E-state index contributed by atoms with van der Waals surface area (Å²) in [4.78, 5) is 24.6. The molecule has 0 amide bonds. The minimum Gasteiger partial charge on any atom is -0.293 e. The first kappa shape index (κ1) is 20.0. The van der Waals surface area contributed by atoms with E-state index in [4.69, 9.17) is 11.6 Å². The highest BCUT2D eigenvalue weighted by atomic mass is 35.5. The van der Waals surface area contributed by atoms with Crippen LogP contribution >= 0.6 is 11.6 Å². The minimum atomic E-state index is -0.409. The lowest BCUT2D eigenvalue weighted by atomic mass is 9.71. The lowest BCUT2D eigenvalue weighted by Crippen LogP contribution is -2.23. The van der Waals surface area contributed by atoms with Crippen LogP contribution in [0.2, 0.25) is 5.02 Å². The summed E-state index contributed by atoms with van der Waals surface area (Å²) >= 11 is 6.28. The molecule has 0 radical (unpaired) electrons. The van der Waals surface area contributed by atoms with Crippen LogP contribution in [0, 0.1) is 17.0 Å². The lowest BCUT2D eigenvalue weighted by molar-refractivity contribution is -0.385. The minimum absolute atomic E-state index is 0.0175. The van der Waals surface area contributed by atoms with Crippen molar-refractivity contribution >= 4 is 23.1 Å². The van der Waals surface area contributed by atoms with Gasteiger partial charge in [0, 0.05) is 22.2 Å². The van der Waals surface area contributed by atoms with Gasteiger partial charge in [-0.25, -0.2) is 0 Å². The summed E-state index contributed by atoms with van der Waals surface area (Å²) in [6.07, 6.45) is 4.94. The molecule has 31 heavy (non-hydrogen) atoms. The first-order valence-electron chi connectivity index (χ1n) is 10.7. The summed E-state index contributed by atoms with van der Waals surface area (Å²) in [6.45, 7) is 1.68. The van der Waals surface area contributed by atoms with Crippen LogP contribution in [-0.4, -0.2) is 10.7 Å². The van der Waals surface area contributed by atoms with Crippen LogP contribution in [0.25, 0.3) is 11.1 Å².